The number of rotatable bonds is 10. The minimum atomic E-state index is -0.691. The lowest BCUT2D eigenvalue weighted by Crippen LogP contribution is -2.48. The molecule has 1 aliphatic rings. The maximum atomic E-state index is 10.2. The van der Waals surface area contributed by atoms with Gasteiger partial charge in [-0.1, -0.05) is 23.2 Å². The predicted octanol–water partition coefficient (Wildman–Crippen LogP) is 3.61. The van der Waals surface area contributed by atoms with Crippen molar-refractivity contribution < 1.29 is 14.6 Å². The molecule has 1 unspecified atom stereocenters. The molecule has 1 saturated heterocycles. The van der Waals surface area contributed by atoms with Crippen molar-refractivity contribution in [3.63, 3.8) is 0 Å². The average molecular weight is 440 g/mol. The summed E-state index contributed by atoms with van der Waals surface area (Å²) in [5, 5.41) is 14.6. The van der Waals surface area contributed by atoms with Crippen LogP contribution in [0.1, 0.15) is 19.3 Å². The van der Waals surface area contributed by atoms with Gasteiger partial charge >= 0.3 is 0 Å². The molecule has 0 aliphatic carbocycles. The number of pyridine rings is 1. The lowest BCUT2D eigenvalue weighted by atomic mass is 10.0. The van der Waals surface area contributed by atoms with Gasteiger partial charge in [-0.25, -0.2) is 4.98 Å². The van der Waals surface area contributed by atoms with Crippen molar-refractivity contribution in [2.24, 2.45) is 0 Å². The fourth-order valence-corrected chi connectivity index (χ4v) is 3.51. The van der Waals surface area contributed by atoms with Gasteiger partial charge in [0, 0.05) is 17.6 Å². The Labute approximate surface area is 181 Å². The van der Waals surface area contributed by atoms with E-state index in [-0.39, 0.29) is 6.61 Å². The molecule has 2 heterocycles. The summed E-state index contributed by atoms with van der Waals surface area (Å²) in [5.74, 6) is 1.44. The van der Waals surface area contributed by atoms with Gasteiger partial charge in [-0.3, -0.25) is 5.32 Å². The Morgan fingerprint density at radius 1 is 1.07 bits per heavy atom. The second-order valence-electron chi connectivity index (χ2n) is 7.08. The van der Waals surface area contributed by atoms with E-state index in [1.807, 2.05) is 6.07 Å². The van der Waals surface area contributed by atoms with Gasteiger partial charge in [0.25, 0.3) is 0 Å². The molecule has 1 atom stereocenters. The maximum absolute atomic E-state index is 10.2. The zero-order chi connectivity index (χ0) is 20.5. The minimum absolute atomic E-state index is 0.207. The molecule has 3 rings (SSSR count). The molecule has 0 radical (unpaired) electrons. The highest BCUT2D eigenvalue weighted by Gasteiger charge is 2.21. The molecule has 2 N–H and O–H groups in total. The third-order valence-electron chi connectivity index (χ3n) is 4.82. The first-order valence-electron chi connectivity index (χ1n) is 9.88. The zero-order valence-corrected chi connectivity index (χ0v) is 17.8. The van der Waals surface area contributed by atoms with Crippen LogP contribution >= 0.6 is 23.2 Å². The number of likely N-dealkylation sites (tertiary alicyclic amines) is 1. The molecule has 0 saturated carbocycles. The van der Waals surface area contributed by atoms with Gasteiger partial charge in [0.2, 0.25) is 0 Å². The fourth-order valence-electron chi connectivity index (χ4n) is 3.28. The summed E-state index contributed by atoms with van der Waals surface area (Å²) in [6.45, 7) is 3.87. The second kappa shape index (κ2) is 11.6. The van der Waals surface area contributed by atoms with E-state index < -0.39 is 6.23 Å². The van der Waals surface area contributed by atoms with E-state index in [0.717, 1.165) is 44.6 Å². The molecular formula is C21H27Cl2N3O3. The van der Waals surface area contributed by atoms with E-state index in [1.54, 1.807) is 36.5 Å². The van der Waals surface area contributed by atoms with Crippen molar-refractivity contribution in [1.82, 2.24) is 15.2 Å². The number of aromatic nitrogens is 1. The Hall–Kier alpha value is -1.57. The van der Waals surface area contributed by atoms with Gasteiger partial charge < -0.3 is 19.5 Å². The Kier molecular flexibility index (Phi) is 8.83. The molecule has 29 heavy (non-hydrogen) atoms. The molecule has 1 aromatic carbocycles. The number of hydrogen-bond acceptors (Lipinski definition) is 6. The van der Waals surface area contributed by atoms with Crippen molar-refractivity contribution in [3.8, 4) is 11.5 Å². The first-order chi connectivity index (χ1) is 14.1. The van der Waals surface area contributed by atoms with Gasteiger partial charge in [0.15, 0.2) is 0 Å². The van der Waals surface area contributed by atoms with E-state index in [4.69, 9.17) is 32.7 Å². The number of aliphatic hydroxyl groups excluding tert-OH is 1. The first-order valence-corrected chi connectivity index (χ1v) is 10.6. The predicted molar refractivity (Wildman–Crippen MR) is 115 cm³/mol. The maximum Gasteiger partial charge on any atom is 0.139 e. The highest BCUT2D eigenvalue weighted by Crippen LogP contribution is 2.16. The van der Waals surface area contributed by atoms with Crippen molar-refractivity contribution in [3.05, 3.63) is 52.8 Å². The Balaban J connectivity index is 1.25. The Morgan fingerprint density at radius 2 is 1.79 bits per heavy atom. The number of halogens is 2. The van der Waals surface area contributed by atoms with Crippen molar-refractivity contribution in [2.45, 2.75) is 31.5 Å². The van der Waals surface area contributed by atoms with Crippen LogP contribution in [0.2, 0.25) is 10.2 Å². The molecule has 0 bridgehead atoms. The van der Waals surface area contributed by atoms with Crippen molar-refractivity contribution >= 4 is 23.2 Å². The highest BCUT2D eigenvalue weighted by molar-refractivity contribution is 6.30. The highest BCUT2D eigenvalue weighted by atomic mass is 35.5. The number of hydrogen-bond donors (Lipinski definition) is 2. The van der Waals surface area contributed by atoms with Crippen LogP contribution in [0.5, 0.6) is 11.5 Å². The first kappa shape index (κ1) is 22.1. The van der Waals surface area contributed by atoms with Gasteiger partial charge in [0.1, 0.15) is 29.5 Å². The molecule has 0 amide bonds. The number of nitrogens with zero attached hydrogens (tertiary/aromatic N) is 2. The van der Waals surface area contributed by atoms with Crippen LogP contribution in [-0.4, -0.2) is 60.1 Å². The molecule has 1 aromatic heterocycles. The standard InChI is InChI=1S/C21H27Cl2N3O3/c22-16-2-4-18(5-3-16)29-15-21(27)25-17-8-11-26(12-9-17)10-1-13-28-19-6-7-20(23)24-14-19/h2-7,14,17,21,25,27H,1,8-13,15H2. The van der Waals surface area contributed by atoms with Gasteiger partial charge in [-0.05, 0) is 68.8 Å². The molecule has 8 heteroatoms. The summed E-state index contributed by atoms with van der Waals surface area (Å²) in [7, 11) is 0. The van der Waals surface area contributed by atoms with E-state index in [9.17, 15) is 5.11 Å². The second-order valence-corrected chi connectivity index (χ2v) is 7.91. The van der Waals surface area contributed by atoms with E-state index >= 15 is 0 Å². The number of benzene rings is 1. The number of nitrogens with one attached hydrogen (secondary N) is 1. The summed E-state index contributed by atoms with van der Waals surface area (Å²) in [4.78, 5) is 6.43. The largest absolute Gasteiger partial charge is 0.492 e. The van der Waals surface area contributed by atoms with E-state index in [2.05, 4.69) is 15.2 Å². The zero-order valence-electron chi connectivity index (χ0n) is 16.3. The van der Waals surface area contributed by atoms with E-state index in [1.165, 1.54) is 0 Å². The van der Waals surface area contributed by atoms with Crippen LogP contribution in [0, 0.1) is 0 Å². The van der Waals surface area contributed by atoms with Crippen LogP contribution in [0.25, 0.3) is 0 Å². The Morgan fingerprint density at radius 3 is 2.48 bits per heavy atom. The number of piperidine rings is 1. The molecule has 6 nitrogen and oxygen atoms in total. The average Bonchev–Trinajstić information content (AvgIpc) is 2.73. The summed E-state index contributed by atoms with van der Waals surface area (Å²) < 4.78 is 11.3. The third-order valence-corrected chi connectivity index (χ3v) is 5.30. The van der Waals surface area contributed by atoms with Crippen LogP contribution in [-0.2, 0) is 0 Å². The van der Waals surface area contributed by atoms with Gasteiger partial charge in [-0.2, -0.15) is 0 Å². The van der Waals surface area contributed by atoms with Crippen LogP contribution < -0.4 is 14.8 Å². The van der Waals surface area contributed by atoms with E-state index in [0.29, 0.717) is 28.6 Å². The summed E-state index contributed by atoms with van der Waals surface area (Å²) in [5.41, 5.74) is 0. The molecule has 1 aliphatic heterocycles. The lowest BCUT2D eigenvalue weighted by Gasteiger charge is -2.33. The molecule has 1 fully saturated rings. The topological polar surface area (TPSA) is 66.9 Å². The number of ether oxygens (including phenoxy) is 2. The quantitative estimate of drug-likeness (QED) is 0.334. The summed E-state index contributed by atoms with van der Waals surface area (Å²) in [6, 6.07) is 11.0. The monoisotopic (exact) mass is 439 g/mol. The SMILES string of the molecule is OC(COc1ccc(Cl)cc1)NC1CCN(CCCOc2ccc(Cl)nc2)CC1. The molecule has 2 aromatic rings. The van der Waals surface area contributed by atoms with Crippen molar-refractivity contribution in [2.75, 3.05) is 32.8 Å². The smallest absolute Gasteiger partial charge is 0.139 e. The Bertz CT molecular complexity index is 723. The lowest BCUT2D eigenvalue weighted by molar-refractivity contribution is 0.0558. The third kappa shape index (κ3) is 7.99. The summed E-state index contributed by atoms with van der Waals surface area (Å²) in [6.07, 6.45) is 3.91. The number of aliphatic hydroxyl groups is 1. The fraction of sp³-hybridized carbons (Fsp3) is 0.476. The van der Waals surface area contributed by atoms with Gasteiger partial charge in [-0.15, -0.1) is 0 Å². The summed E-state index contributed by atoms with van der Waals surface area (Å²) >= 11 is 11.6. The molecule has 158 valence electrons. The van der Waals surface area contributed by atoms with Gasteiger partial charge in [0.05, 0.1) is 12.8 Å². The molecule has 0 spiro atoms. The van der Waals surface area contributed by atoms with Crippen LogP contribution in [0.3, 0.4) is 0 Å². The van der Waals surface area contributed by atoms with Crippen molar-refractivity contribution in [1.29, 1.82) is 0 Å². The molecular weight excluding hydrogens is 413 g/mol. The van der Waals surface area contributed by atoms with Crippen LogP contribution in [0.15, 0.2) is 42.6 Å². The van der Waals surface area contributed by atoms with Crippen LogP contribution in [0.4, 0.5) is 0 Å². The minimum Gasteiger partial charge on any atom is -0.492 e. The normalized spacial score (nSPS) is 16.5.